The third kappa shape index (κ3) is 6.18. The zero-order valence-corrected chi connectivity index (χ0v) is 18.7. The van der Waals surface area contributed by atoms with Crippen LogP contribution in [0.25, 0.3) is 11.3 Å². The number of rotatable bonds is 8. The Morgan fingerprint density at radius 1 is 1.09 bits per heavy atom. The van der Waals surface area contributed by atoms with Crippen LogP contribution in [0.15, 0.2) is 59.5 Å². The van der Waals surface area contributed by atoms with Gasteiger partial charge in [0.05, 0.1) is 18.9 Å². The van der Waals surface area contributed by atoms with Crippen molar-refractivity contribution in [3.63, 3.8) is 0 Å². The molecule has 0 aliphatic carbocycles. The van der Waals surface area contributed by atoms with Crippen LogP contribution in [0.3, 0.4) is 0 Å². The normalized spacial score (nSPS) is 11.1. The molecule has 3 N–H and O–H groups in total. The van der Waals surface area contributed by atoms with Crippen LogP contribution < -0.4 is 20.7 Å². The Morgan fingerprint density at radius 2 is 1.84 bits per heavy atom. The first-order valence-electron chi connectivity index (χ1n) is 10.2. The van der Waals surface area contributed by atoms with Gasteiger partial charge in [-0.15, -0.1) is 0 Å². The Labute approximate surface area is 187 Å². The summed E-state index contributed by atoms with van der Waals surface area (Å²) in [7, 11) is 1.51. The molecule has 168 valence electrons. The number of hydrogen-bond donors (Lipinski definition) is 3. The Kier molecular flexibility index (Phi) is 7.27. The fourth-order valence-electron chi connectivity index (χ4n) is 3.14. The first kappa shape index (κ1) is 23.0. The summed E-state index contributed by atoms with van der Waals surface area (Å²) in [5, 5.41) is 8.68. The van der Waals surface area contributed by atoms with Gasteiger partial charge in [-0.25, -0.2) is 4.98 Å². The second-order valence-electron chi connectivity index (χ2n) is 8.16. The zero-order chi connectivity index (χ0) is 23.1. The van der Waals surface area contributed by atoms with E-state index < -0.39 is 17.4 Å². The Morgan fingerprint density at radius 3 is 2.50 bits per heavy atom. The van der Waals surface area contributed by atoms with Crippen LogP contribution in [0.5, 0.6) is 5.75 Å². The van der Waals surface area contributed by atoms with Gasteiger partial charge in [-0.3, -0.25) is 9.59 Å². The molecule has 0 radical (unpaired) electrons. The summed E-state index contributed by atoms with van der Waals surface area (Å²) in [6.07, 6.45) is 2.89. The number of amides is 2. The van der Waals surface area contributed by atoms with Crippen molar-refractivity contribution in [3.8, 4) is 17.1 Å². The van der Waals surface area contributed by atoms with Crippen molar-refractivity contribution in [1.29, 1.82) is 0 Å². The predicted octanol–water partition coefficient (Wildman–Crippen LogP) is 3.28. The predicted molar refractivity (Wildman–Crippen MR) is 122 cm³/mol. The summed E-state index contributed by atoms with van der Waals surface area (Å²) in [4.78, 5) is 28.7. The highest BCUT2D eigenvalue weighted by Gasteiger charge is 2.24. The minimum Gasteiger partial charge on any atom is -0.496 e. The topological polar surface area (TPSA) is 105 Å². The standard InChI is InChI=1S/C24H28N4O4/c1-16-5-7-17(8-6-16)12-25-14-24(2,3)28-23(30)22(29)27-18-9-10-19(20(11-18)31-4)21-13-26-15-32-21/h5-11,13,15,25H,12,14H2,1-4H3,(H,27,29)(H,28,30). The smallest absolute Gasteiger partial charge is 0.313 e. The van der Waals surface area contributed by atoms with Gasteiger partial charge in [0.25, 0.3) is 0 Å². The van der Waals surface area contributed by atoms with Crippen LogP contribution in [0.4, 0.5) is 5.69 Å². The van der Waals surface area contributed by atoms with E-state index in [0.29, 0.717) is 35.9 Å². The molecule has 0 saturated carbocycles. The molecule has 8 heteroatoms. The van der Waals surface area contributed by atoms with E-state index in [1.54, 1.807) is 24.4 Å². The summed E-state index contributed by atoms with van der Waals surface area (Å²) in [6.45, 7) is 6.93. The van der Waals surface area contributed by atoms with Crippen molar-refractivity contribution >= 4 is 17.5 Å². The van der Waals surface area contributed by atoms with Crippen molar-refractivity contribution in [2.45, 2.75) is 32.9 Å². The van der Waals surface area contributed by atoms with Crippen LogP contribution in [0, 0.1) is 6.92 Å². The zero-order valence-electron chi connectivity index (χ0n) is 18.7. The lowest BCUT2D eigenvalue weighted by molar-refractivity contribution is -0.137. The number of hydrogen-bond acceptors (Lipinski definition) is 6. The number of carbonyl (C=O) groups excluding carboxylic acids is 2. The van der Waals surface area contributed by atoms with Gasteiger partial charge in [0.2, 0.25) is 0 Å². The van der Waals surface area contributed by atoms with E-state index in [9.17, 15) is 9.59 Å². The maximum atomic E-state index is 12.4. The molecule has 0 fully saturated rings. The lowest BCUT2D eigenvalue weighted by atomic mass is 10.1. The maximum absolute atomic E-state index is 12.4. The molecule has 3 rings (SSSR count). The number of nitrogens with zero attached hydrogens (tertiary/aromatic N) is 1. The summed E-state index contributed by atoms with van der Waals surface area (Å²) < 4.78 is 10.7. The molecule has 0 aliphatic rings. The van der Waals surface area contributed by atoms with Crippen LogP contribution in [0.2, 0.25) is 0 Å². The third-order valence-corrected chi connectivity index (χ3v) is 4.83. The van der Waals surface area contributed by atoms with Gasteiger partial charge in [0, 0.05) is 30.4 Å². The van der Waals surface area contributed by atoms with Crippen LogP contribution in [0.1, 0.15) is 25.0 Å². The number of nitrogens with one attached hydrogen (secondary N) is 3. The number of ether oxygens (including phenoxy) is 1. The Bertz CT molecular complexity index is 1060. The highest BCUT2D eigenvalue weighted by molar-refractivity contribution is 6.39. The van der Waals surface area contributed by atoms with E-state index >= 15 is 0 Å². The second-order valence-corrected chi connectivity index (χ2v) is 8.16. The number of benzene rings is 2. The molecule has 0 bridgehead atoms. The fraction of sp³-hybridized carbons (Fsp3) is 0.292. The molecule has 3 aromatic rings. The van der Waals surface area contributed by atoms with Gasteiger partial charge in [-0.05, 0) is 38.5 Å². The van der Waals surface area contributed by atoms with Crippen LogP contribution in [-0.2, 0) is 16.1 Å². The number of anilines is 1. The van der Waals surface area contributed by atoms with E-state index in [4.69, 9.17) is 9.15 Å². The molecule has 0 aliphatic heterocycles. The highest BCUT2D eigenvalue weighted by atomic mass is 16.5. The molecule has 1 aromatic heterocycles. The largest absolute Gasteiger partial charge is 0.496 e. The van der Waals surface area contributed by atoms with Crippen LogP contribution in [-0.4, -0.2) is 36.0 Å². The second kappa shape index (κ2) is 10.1. The van der Waals surface area contributed by atoms with Gasteiger partial charge in [0.15, 0.2) is 12.2 Å². The van der Waals surface area contributed by atoms with Crippen molar-refractivity contribution < 1.29 is 18.7 Å². The quantitative estimate of drug-likeness (QED) is 0.468. The van der Waals surface area contributed by atoms with Gasteiger partial charge in [-0.1, -0.05) is 29.8 Å². The Hall–Kier alpha value is -3.65. The molecule has 1 heterocycles. The molecule has 32 heavy (non-hydrogen) atoms. The molecular formula is C24H28N4O4. The molecule has 8 nitrogen and oxygen atoms in total. The molecule has 0 spiro atoms. The number of aryl methyl sites for hydroxylation is 1. The number of methoxy groups -OCH3 is 1. The SMILES string of the molecule is COc1cc(NC(=O)C(=O)NC(C)(C)CNCc2ccc(C)cc2)ccc1-c1cnco1. The van der Waals surface area contributed by atoms with E-state index in [0.717, 1.165) is 5.56 Å². The lowest BCUT2D eigenvalue weighted by Gasteiger charge is -2.26. The van der Waals surface area contributed by atoms with Gasteiger partial charge < -0.3 is 25.1 Å². The average molecular weight is 437 g/mol. The van der Waals surface area contributed by atoms with Gasteiger partial charge in [0.1, 0.15) is 5.75 Å². The fourth-order valence-corrected chi connectivity index (χ4v) is 3.14. The number of oxazole rings is 1. The Balaban J connectivity index is 1.54. The summed E-state index contributed by atoms with van der Waals surface area (Å²) in [6, 6.07) is 13.2. The van der Waals surface area contributed by atoms with E-state index in [2.05, 4.69) is 45.2 Å². The van der Waals surface area contributed by atoms with Crippen molar-refractivity contribution in [3.05, 3.63) is 66.2 Å². The molecular weight excluding hydrogens is 408 g/mol. The highest BCUT2D eigenvalue weighted by Crippen LogP contribution is 2.32. The summed E-state index contributed by atoms with van der Waals surface area (Å²) in [5.41, 5.74) is 2.86. The minimum absolute atomic E-state index is 0.431. The summed E-state index contributed by atoms with van der Waals surface area (Å²) >= 11 is 0. The van der Waals surface area contributed by atoms with Gasteiger partial charge >= 0.3 is 11.8 Å². The van der Waals surface area contributed by atoms with E-state index in [1.807, 2.05) is 20.8 Å². The maximum Gasteiger partial charge on any atom is 0.313 e. The average Bonchev–Trinajstić information content (AvgIpc) is 3.29. The molecule has 2 aromatic carbocycles. The summed E-state index contributed by atoms with van der Waals surface area (Å²) in [5.74, 6) is -0.450. The monoisotopic (exact) mass is 436 g/mol. The molecule has 0 unspecified atom stereocenters. The van der Waals surface area contributed by atoms with E-state index in [-0.39, 0.29) is 0 Å². The molecule has 2 amide bonds. The van der Waals surface area contributed by atoms with Crippen molar-refractivity contribution in [2.75, 3.05) is 19.0 Å². The number of carbonyl (C=O) groups is 2. The van der Waals surface area contributed by atoms with E-state index in [1.165, 1.54) is 19.1 Å². The molecule has 0 saturated heterocycles. The van der Waals surface area contributed by atoms with Crippen molar-refractivity contribution in [1.82, 2.24) is 15.6 Å². The first-order chi connectivity index (χ1) is 15.3. The van der Waals surface area contributed by atoms with Gasteiger partial charge in [-0.2, -0.15) is 0 Å². The molecule has 0 atom stereocenters. The van der Waals surface area contributed by atoms with Crippen molar-refractivity contribution in [2.24, 2.45) is 0 Å². The third-order valence-electron chi connectivity index (χ3n) is 4.83. The van der Waals surface area contributed by atoms with Crippen LogP contribution >= 0.6 is 0 Å². The lowest BCUT2D eigenvalue weighted by Crippen LogP contribution is -2.53. The minimum atomic E-state index is -0.758. The first-order valence-corrected chi connectivity index (χ1v) is 10.2. The number of aromatic nitrogens is 1.